The second kappa shape index (κ2) is 7.72. The number of nitrogens with one attached hydrogen (secondary N) is 1. The average Bonchev–Trinajstić information content (AvgIpc) is 2.63. The van der Waals surface area contributed by atoms with E-state index in [9.17, 15) is 9.59 Å². The van der Waals surface area contributed by atoms with E-state index in [1.165, 1.54) is 19.2 Å². The fourth-order valence-corrected chi connectivity index (χ4v) is 2.60. The highest BCUT2D eigenvalue weighted by Crippen LogP contribution is 2.21. The summed E-state index contributed by atoms with van der Waals surface area (Å²) >= 11 is 11.5. The predicted molar refractivity (Wildman–Crippen MR) is 102 cm³/mol. The van der Waals surface area contributed by atoms with E-state index in [-0.39, 0.29) is 15.7 Å². The quantitative estimate of drug-likeness (QED) is 0.518. The summed E-state index contributed by atoms with van der Waals surface area (Å²) < 4.78 is 5.16. The lowest BCUT2D eigenvalue weighted by molar-refractivity contribution is -0.123. The maximum atomic E-state index is 12.3. The van der Waals surface area contributed by atoms with Gasteiger partial charge in [0.1, 0.15) is 5.15 Å². The molecule has 26 heavy (non-hydrogen) atoms. The summed E-state index contributed by atoms with van der Waals surface area (Å²) in [6, 6.07) is 14.7. The molecule has 0 saturated heterocycles. The van der Waals surface area contributed by atoms with E-state index in [0.29, 0.717) is 5.69 Å². The summed E-state index contributed by atoms with van der Waals surface area (Å²) in [5.41, 5.74) is 0.734. The number of halogens is 2. The van der Waals surface area contributed by atoms with Crippen LogP contribution in [0.15, 0.2) is 54.7 Å². The van der Waals surface area contributed by atoms with Crippen LogP contribution in [-0.4, -0.2) is 23.0 Å². The van der Waals surface area contributed by atoms with Gasteiger partial charge in [-0.2, -0.15) is 0 Å². The number of esters is 1. The smallest absolute Gasteiger partial charge is 0.340 e. The molecule has 0 fully saturated rings. The minimum atomic E-state index is -0.997. The Hall–Kier alpha value is -2.63. The molecule has 0 radical (unpaired) electrons. The number of anilines is 1. The van der Waals surface area contributed by atoms with E-state index in [0.717, 1.165) is 10.8 Å². The van der Waals surface area contributed by atoms with E-state index < -0.39 is 18.0 Å². The van der Waals surface area contributed by atoms with Gasteiger partial charge < -0.3 is 10.1 Å². The molecule has 0 aliphatic carbocycles. The summed E-state index contributed by atoms with van der Waals surface area (Å²) in [5.74, 6) is -1.15. The van der Waals surface area contributed by atoms with Crippen molar-refractivity contribution in [3.05, 3.63) is 70.5 Å². The van der Waals surface area contributed by atoms with Crippen molar-refractivity contribution in [3.63, 3.8) is 0 Å². The molecular weight excluding hydrogens is 375 g/mol. The van der Waals surface area contributed by atoms with Crippen LogP contribution in [0.25, 0.3) is 10.8 Å². The van der Waals surface area contributed by atoms with Gasteiger partial charge in [-0.1, -0.05) is 53.5 Å². The number of carbonyl (C=O) groups excluding carboxylic acids is 2. The molecule has 3 aromatic rings. The highest BCUT2D eigenvalue weighted by atomic mass is 35.5. The SMILES string of the molecule is C[C@@H](OC(=O)c1cnc(Cl)c(Cl)c1)C(=O)Nc1ccc2ccccc2c1. The third kappa shape index (κ3) is 4.12. The van der Waals surface area contributed by atoms with Crippen molar-refractivity contribution in [3.8, 4) is 0 Å². The van der Waals surface area contributed by atoms with Gasteiger partial charge in [0.2, 0.25) is 0 Å². The number of carbonyl (C=O) groups is 2. The Bertz CT molecular complexity index is 991. The largest absolute Gasteiger partial charge is 0.449 e. The van der Waals surface area contributed by atoms with E-state index in [1.807, 2.05) is 36.4 Å². The van der Waals surface area contributed by atoms with Crippen molar-refractivity contribution in [1.82, 2.24) is 4.98 Å². The molecule has 0 spiro atoms. The highest BCUT2D eigenvalue weighted by molar-refractivity contribution is 6.41. The fraction of sp³-hybridized carbons (Fsp3) is 0.105. The van der Waals surface area contributed by atoms with Crippen LogP contribution in [0, 0.1) is 0 Å². The number of nitrogens with zero attached hydrogens (tertiary/aromatic N) is 1. The molecule has 132 valence electrons. The molecule has 1 aromatic heterocycles. The monoisotopic (exact) mass is 388 g/mol. The zero-order valence-electron chi connectivity index (χ0n) is 13.7. The van der Waals surface area contributed by atoms with Gasteiger partial charge in [-0.25, -0.2) is 9.78 Å². The lowest BCUT2D eigenvalue weighted by atomic mass is 10.1. The minimum absolute atomic E-state index is 0.0883. The molecule has 1 heterocycles. The molecule has 7 heteroatoms. The third-order valence-electron chi connectivity index (χ3n) is 3.70. The first-order valence-corrected chi connectivity index (χ1v) is 8.51. The highest BCUT2D eigenvalue weighted by Gasteiger charge is 2.20. The minimum Gasteiger partial charge on any atom is -0.449 e. The number of ether oxygens (including phenoxy) is 1. The van der Waals surface area contributed by atoms with Crippen LogP contribution in [-0.2, 0) is 9.53 Å². The van der Waals surface area contributed by atoms with Crippen LogP contribution >= 0.6 is 23.2 Å². The Morgan fingerprint density at radius 3 is 2.54 bits per heavy atom. The first kappa shape index (κ1) is 18.2. The van der Waals surface area contributed by atoms with Crippen LogP contribution in [0.5, 0.6) is 0 Å². The molecule has 0 unspecified atom stereocenters. The average molecular weight is 389 g/mol. The van der Waals surface area contributed by atoms with Crippen molar-refractivity contribution >= 4 is 51.5 Å². The number of benzene rings is 2. The van der Waals surface area contributed by atoms with Crippen molar-refractivity contribution in [1.29, 1.82) is 0 Å². The van der Waals surface area contributed by atoms with Gasteiger partial charge in [0.25, 0.3) is 5.91 Å². The number of hydrogen-bond acceptors (Lipinski definition) is 4. The predicted octanol–water partition coefficient (Wildman–Crippen LogP) is 4.73. The Morgan fingerprint density at radius 2 is 1.81 bits per heavy atom. The lowest BCUT2D eigenvalue weighted by Crippen LogP contribution is -2.30. The second-order valence-electron chi connectivity index (χ2n) is 5.60. The van der Waals surface area contributed by atoms with Crippen LogP contribution < -0.4 is 5.32 Å². The first-order chi connectivity index (χ1) is 12.4. The van der Waals surface area contributed by atoms with Crippen LogP contribution in [0.4, 0.5) is 5.69 Å². The lowest BCUT2D eigenvalue weighted by Gasteiger charge is -2.14. The molecule has 5 nitrogen and oxygen atoms in total. The van der Waals surface area contributed by atoms with Gasteiger partial charge in [0.05, 0.1) is 10.6 Å². The number of hydrogen-bond donors (Lipinski definition) is 1. The Morgan fingerprint density at radius 1 is 1.08 bits per heavy atom. The number of pyridine rings is 1. The third-order valence-corrected chi connectivity index (χ3v) is 4.39. The summed E-state index contributed by atoms with van der Waals surface area (Å²) in [5, 5.41) is 5.02. The van der Waals surface area contributed by atoms with Gasteiger partial charge in [-0.15, -0.1) is 0 Å². The maximum Gasteiger partial charge on any atom is 0.340 e. The van der Waals surface area contributed by atoms with Gasteiger partial charge in [0.15, 0.2) is 6.10 Å². The molecule has 2 aromatic carbocycles. The molecule has 0 aliphatic rings. The van der Waals surface area contributed by atoms with Crippen molar-refractivity contribution in [2.75, 3.05) is 5.32 Å². The number of fused-ring (bicyclic) bond motifs is 1. The van der Waals surface area contributed by atoms with Gasteiger partial charge >= 0.3 is 5.97 Å². The van der Waals surface area contributed by atoms with Crippen LogP contribution in [0.1, 0.15) is 17.3 Å². The van der Waals surface area contributed by atoms with E-state index in [4.69, 9.17) is 27.9 Å². The summed E-state index contributed by atoms with van der Waals surface area (Å²) in [6.45, 7) is 1.49. The second-order valence-corrected chi connectivity index (χ2v) is 6.36. The van der Waals surface area contributed by atoms with Crippen molar-refractivity contribution in [2.24, 2.45) is 0 Å². The summed E-state index contributed by atoms with van der Waals surface area (Å²) in [7, 11) is 0. The molecule has 1 atom stereocenters. The fourth-order valence-electron chi connectivity index (χ4n) is 2.33. The number of aromatic nitrogens is 1. The Labute approximate surface area is 159 Å². The number of amides is 1. The first-order valence-electron chi connectivity index (χ1n) is 7.76. The van der Waals surface area contributed by atoms with Crippen LogP contribution in [0.2, 0.25) is 10.2 Å². The summed E-state index contributed by atoms with van der Waals surface area (Å²) in [4.78, 5) is 28.2. The van der Waals surface area contributed by atoms with Gasteiger partial charge in [-0.05, 0) is 35.9 Å². The standard InChI is InChI=1S/C19H14Cl2N2O3/c1-11(26-19(25)14-9-16(20)17(21)22-10-14)18(24)23-15-7-6-12-4-2-3-5-13(12)8-15/h2-11H,1H3,(H,23,24)/t11-/m1/s1. The normalized spacial score (nSPS) is 11.8. The molecule has 1 amide bonds. The van der Waals surface area contributed by atoms with E-state index in [1.54, 1.807) is 6.07 Å². The van der Waals surface area contributed by atoms with Crippen molar-refractivity contribution < 1.29 is 14.3 Å². The molecule has 0 aliphatic heterocycles. The maximum absolute atomic E-state index is 12.3. The zero-order chi connectivity index (χ0) is 18.7. The molecular formula is C19H14Cl2N2O3. The topological polar surface area (TPSA) is 68.3 Å². The number of rotatable bonds is 4. The summed E-state index contributed by atoms with van der Waals surface area (Å²) in [6.07, 6.45) is 0.244. The molecule has 3 rings (SSSR count). The molecule has 0 bridgehead atoms. The molecule has 0 saturated carbocycles. The van der Waals surface area contributed by atoms with Gasteiger partial charge in [-0.3, -0.25) is 4.79 Å². The van der Waals surface area contributed by atoms with Crippen molar-refractivity contribution in [2.45, 2.75) is 13.0 Å². The van der Waals surface area contributed by atoms with Gasteiger partial charge in [0, 0.05) is 11.9 Å². The Kier molecular flexibility index (Phi) is 5.40. The van der Waals surface area contributed by atoms with Crippen LogP contribution in [0.3, 0.4) is 0 Å². The van der Waals surface area contributed by atoms with E-state index >= 15 is 0 Å². The Balaban J connectivity index is 1.66. The zero-order valence-corrected chi connectivity index (χ0v) is 15.2. The van der Waals surface area contributed by atoms with E-state index in [2.05, 4.69) is 10.3 Å². The molecule has 1 N–H and O–H groups in total.